The first-order valence-corrected chi connectivity index (χ1v) is 6.47. The summed E-state index contributed by atoms with van der Waals surface area (Å²) in [6, 6.07) is 5.51. The van der Waals surface area contributed by atoms with Crippen LogP contribution in [-0.4, -0.2) is 17.1 Å². The van der Waals surface area contributed by atoms with Crippen LogP contribution in [0.4, 0.5) is 5.69 Å². The number of nitrogens with two attached hydrogens (primary N) is 1. The minimum absolute atomic E-state index is 0.255. The van der Waals surface area contributed by atoms with Crippen molar-refractivity contribution in [3.63, 3.8) is 0 Å². The lowest BCUT2D eigenvalue weighted by Crippen LogP contribution is -2.00. The van der Waals surface area contributed by atoms with Crippen LogP contribution >= 0.6 is 31.9 Å². The average Bonchev–Trinajstić information content (AvgIpc) is 2.35. The summed E-state index contributed by atoms with van der Waals surface area (Å²) in [6.07, 6.45) is 1.33. The van der Waals surface area contributed by atoms with Crippen molar-refractivity contribution in [2.75, 3.05) is 12.8 Å². The molecule has 0 saturated carbocycles. The van der Waals surface area contributed by atoms with Gasteiger partial charge in [-0.25, -0.2) is 0 Å². The van der Waals surface area contributed by atoms with Crippen LogP contribution in [0.25, 0.3) is 0 Å². The summed E-state index contributed by atoms with van der Waals surface area (Å²) in [5, 5.41) is 0. The van der Waals surface area contributed by atoms with E-state index in [-0.39, 0.29) is 17.4 Å². The van der Waals surface area contributed by atoms with Crippen molar-refractivity contribution >= 4 is 37.5 Å². The molecule has 94 valence electrons. The van der Waals surface area contributed by atoms with Crippen LogP contribution in [0.5, 0.6) is 17.5 Å². The molecule has 0 saturated heterocycles. The van der Waals surface area contributed by atoms with Crippen molar-refractivity contribution < 1.29 is 9.47 Å². The molecule has 1 aromatic carbocycles. The minimum Gasteiger partial charge on any atom is -0.479 e. The molecular formula is C11H9Br2N3O2. The third kappa shape index (κ3) is 2.73. The molecule has 5 nitrogen and oxygen atoms in total. The van der Waals surface area contributed by atoms with E-state index in [1.807, 2.05) is 12.1 Å². The predicted molar refractivity (Wildman–Crippen MR) is 74.9 cm³/mol. The lowest BCUT2D eigenvalue weighted by molar-refractivity contribution is 0.391. The summed E-state index contributed by atoms with van der Waals surface area (Å²) in [5.74, 6) is 1.14. The fourth-order valence-electron chi connectivity index (χ4n) is 1.27. The zero-order chi connectivity index (χ0) is 13.1. The lowest BCUT2D eigenvalue weighted by Gasteiger charge is -2.10. The van der Waals surface area contributed by atoms with E-state index in [1.165, 1.54) is 13.4 Å². The van der Waals surface area contributed by atoms with Crippen LogP contribution in [0.15, 0.2) is 33.5 Å². The predicted octanol–water partition coefficient (Wildman–Crippen LogP) is 3.38. The topological polar surface area (TPSA) is 70.3 Å². The molecule has 0 bridgehead atoms. The fourth-order valence-corrected chi connectivity index (χ4v) is 2.40. The highest BCUT2D eigenvalue weighted by Gasteiger charge is 2.12. The number of hydrogen-bond donors (Lipinski definition) is 1. The number of nitrogen functional groups attached to an aromatic ring is 1. The van der Waals surface area contributed by atoms with Crippen LogP contribution in [0.1, 0.15) is 0 Å². The number of benzene rings is 1. The standard InChI is InChI=1S/C11H9Br2N3O2/c1-17-10-9(14)11(16-5-15-10)18-8-3-2-6(12)4-7(8)13/h2-5H,14H2,1H3. The van der Waals surface area contributed by atoms with Crippen molar-refractivity contribution in [3.8, 4) is 17.5 Å². The molecule has 2 rings (SSSR count). The van der Waals surface area contributed by atoms with Gasteiger partial charge in [0.25, 0.3) is 0 Å². The maximum absolute atomic E-state index is 5.82. The van der Waals surface area contributed by atoms with Gasteiger partial charge >= 0.3 is 0 Å². The van der Waals surface area contributed by atoms with Crippen molar-refractivity contribution in [1.29, 1.82) is 0 Å². The summed E-state index contributed by atoms with van der Waals surface area (Å²) in [5.41, 5.74) is 6.08. The average molecular weight is 375 g/mol. The second-order valence-electron chi connectivity index (χ2n) is 3.28. The Morgan fingerprint density at radius 2 is 1.89 bits per heavy atom. The summed E-state index contributed by atoms with van der Waals surface area (Å²) >= 11 is 6.76. The van der Waals surface area contributed by atoms with Crippen LogP contribution in [0.3, 0.4) is 0 Å². The van der Waals surface area contributed by atoms with Gasteiger partial charge in [-0.2, -0.15) is 9.97 Å². The van der Waals surface area contributed by atoms with Crippen LogP contribution < -0.4 is 15.2 Å². The Morgan fingerprint density at radius 1 is 1.17 bits per heavy atom. The Hall–Kier alpha value is -1.34. The Bertz CT molecular complexity index is 578. The molecule has 0 aliphatic rings. The number of methoxy groups -OCH3 is 1. The largest absolute Gasteiger partial charge is 0.479 e. The molecule has 7 heteroatoms. The Balaban J connectivity index is 2.34. The van der Waals surface area contributed by atoms with Crippen molar-refractivity contribution in [1.82, 2.24) is 9.97 Å². The second-order valence-corrected chi connectivity index (χ2v) is 5.05. The third-order valence-corrected chi connectivity index (χ3v) is 3.22. The smallest absolute Gasteiger partial charge is 0.249 e. The van der Waals surface area contributed by atoms with Gasteiger partial charge in [0.2, 0.25) is 11.8 Å². The highest BCUT2D eigenvalue weighted by molar-refractivity contribution is 9.11. The molecule has 2 N–H and O–H groups in total. The van der Waals surface area contributed by atoms with Gasteiger partial charge in [0.15, 0.2) is 5.69 Å². The molecule has 0 radical (unpaired) electrons. The first-order valence-electron chi connectivity index (χ1n) is 4.89. The number of ether oxygens (including phenoxy) is 2. The quantitative estimate of drug-likeness (QED) is 0.891. The van der Waals surface area contributed by atoms with Gasteiger partial charge in [-0.1, -0.05) is 15.9 Å². The maximum atomic E-state index is 5.82. The summed E-state index contributed by atoms with van der Waals surface area (Å²) < 4.78 is 12.3. The highest BCUT2D eigenvalue weighted by Crippen LogP contribution is 2.35. The number of halogens is 2. The van der Waals surface area contributed by atoms with Gasteiger partial charge < -0.3 is 15.2 Å². The van der Waals surface area contributed by atoms with Crippen LogP contribution in [0, 0.1) is 0 Å². The molecule has 18 heavy (non-hydrogen) atoms. The van der Waals surface area contributed by atoms with Gasteiger partial charge in [-0.05, 0) is 34.1 Å². The Kier molecular flexibility index (Phi) is 4.03. The third-order valence-electron chi connectivity index (χ3n) is 2.10. The Labute approximate surface area is 121 Å². The highest BCUT2D eigenvalue weighted by atomic mass is 79.9. The molecule has 1 heterocycles. The first kappa shape index (κ1) is 13.1. The van der Waals surface area contributed by atoms with E-state index < -0.39 is 0 Å². The van der Waals surface area contributed by atoms with E-state index >= 15 is 0 Å². The van der Waals surface area contributed by atoms with E-state index in [9.17, 15) is 0 Å². The molecular weight excluding hydrogens is 366 g/mol. The SMILES string of the molecule is COc1ncnc(Oc2ccc(Br)cc2Br)c1N. The number of hydrogen-bond acceptors (Lipinski definition) is 5. The van der Waals surface area contributed by atoms with Crippen LogP contribution in [0.2, 0.25) is 0 Å². The van der Waals surface area contributed by atoms with Gasteiger partial charge in [0.05, 0.1) is 11.6 Å². The molecule has 0 aliphatic heterocycles. The maximum Gasteiger partial charge on any atom is 0.249 e. The molecule has 2 aromatic rings. The molecule has 0 unspecified atom stereocenters. The van der Waals surface area contributed by atoms with Crippen molar-refractivity contribution in [2.24, 2.45) is 0 Å². The molecule has 0 fully saturated rings. The first-order chi connectivity index (χ1) is 8.61. The molecule has 0 spiro atoms. The summed E-state index contributed by atoms with van der Waals surface area (Å²) in [6.45, 7) is 0. The van der Waals surface area contributed by atoms with E-state index in [2.05, 4.69) is 41.8 Å². The number of nitrogens with zero attached hydrogens (tertiary/aromatic N) is 2. The van der Waals surface area contributed by atoms with Crippen molar-refractivity contribution in [3.05, 3.63) is 33.5 Å². The molecule has 0 atom stereocenters. The number of rotatable bonds is 3. The van der Waals surface area contributed by atoms with E-state index in [1.54, 1.807) is 6.07 Å². The van der Waals surface area contributed by atoms with Gasteiger partial charge in [-0.15, -0.1) is 0 Å². The molecule has 0 aliphatic carbocycles. The zero-order valence-corrected chi connectivity index (χ0v) is 12.5. The van der Waals surface area contributed by atoms with E-state index in [0.29, 0.717) is 5.75 Å². The second kappa shape index (κ2) is 5.53. The van der Waals surface area contributed by atoms with Crippen LogP contribution in [-0.2, 0) is 0 Å². The van der Waals surface area contributed by atoms with Crippen molar-refractivity contribution in [2.45, 2.75) is 0 Å². The number of anilines is 1. The monoisotopic (exact) mass is 373 g/mol. The lowest BCUT2D eigenvalue weighted by atomic mass is 10.3. The minimum atomic E-state index is 0.255. The summed E-state index contributed by atoms with van der Waals surface area (Å²) in [4.78, 5) is 7.85. The fraction of sp³-hybridized carbons (Fsp3) is 0.0909. The normalized spacial score (nSPS) is 10.2. The molecule has 0 amide bonds. The van der Waals surface area contributed by atoms with E-state index in [4.69, 9.17) is 15.2 Å². The van der Waals surface area contributed by atoms with Gasteiger partial charge in [0, 0.05) is 4.47 Å². The molecule has 1 aromatic heterocycles. The van der Waals surface area contributed by atoms with E-state index in [0.717, 1.165) is 8.95 Å². The zero-order valence-electron chi connectivity index (χ0n) is 9.35. The number of aromatic nitrogens is 2. The van der Waals surface area contributed by atoms with Gasteiger partial charge in [-0.3, -0.25) is 0 Å². The Morgan fingerprint density at radius 3 is 2.56 bits per heavy atom. The van der Waals surface area contributed by atoms with Gasteiger partial charge in [0.1, 0.15) is 12.1 Å². The summed E-state index contributed by atoms with van der Waals surface area (Å²) in [7, 11) is 1.48.